The molecule has 0 aliphatic carbocycles. The SMILES string of the molecule is CC1=C(C=O)C(=O)NC1=O.CNc1ccccc1. The zero-order chi connectivity index (χ0) is 13.5. The molecule has 0 unspecified atom stereocenters. The molecule has 0 aromatic heterocycles. The van der Waals surface area contributed by atoms with Crippen LogP contribution in [0.3, 0.4) is 0 Å². The van der Waals surface area contributed by atoms with Crippen LogP contribution in [0, 0.1) is 0 Å². The number of benzene rings is 1. The summed E-state index contributed by atoms with van der Waals surface area (Å²) >= 11 is 0. The van der Waals surface area contributed by atoms with E-state index in [0.29, 0.717) is 6.29 Å². The summed E-state index contributed by atoms with van der Waals surface area (Å²) < 4.78 is 0. The quantitative estimate of drug-likeness (QED) is 0.461. The Morgan fingerprint density at radius 1 is 1.11 bits per heavy atom. The second kappa shape index (κ2) is 6.34. The van der Waals surface area contributed by atoms with Crippen LogP contribution in [0.15, 0.2) is 41.5 Å². The molecule has 5 heteroatoms. The summed E-state index contributed by atoms with van der Waals surface area (Å²) in [6.07, 6.45) is 0.384. The zero-order valence-electron chi connectivity index (χ0n) is 10.2. The summed E-state index contributed by atoms with van der Waals surface area (Å²) in [6, 6.07) is 10.1. The van der Waals surface area contributed by atoms with Gasteiger partial charge in [-0.3, -0.25) is 19.7 Å². The normalized spacial score (nSPS) is 13.7. The van der Waals surface area contributed by atoms with E-state index in [0.717, 1.165) is 5.69 Å². The Labute approximate surface area is 105 Å². The fourth-order valence-electron chi connectivity index (χ4n) is 1.30. The molecule has 2 N–H and O–H groups in total. The second-order valence-electron chi connectivity index (χ2n) is 3.56. The number of para-hydroxylation sites is 1. The Balaban J connectivity index is 0.000000184. The third kappa shape index (κ3) is 3.28. The van der Waals surface area contributed by atoms with Gasteiger partial charge in [-0.25, -0.2) is 0 Å². The van der Waals surface area contributed by atoms with Crippen LogP contribution >= 0.6 is 0 Å². The zero-order valence-corrected chi connectivity index (χ0v) is 10.2. The van der Waals surface area contributed by atoms with E-state index in [1.54, 1.807) is 0 Å². The monoisotopic (exact) mass is 246 g/mol. The molecule has 18 heavy (non-hydrogen) atoms. The van der Waals surface area contributed by atoms with Crippen molar-refractivity contribution in [3.63, 3.8) is 0 Å². The summed E-state index contributed by atoms with van der Waals surface area (Å²) in [5, 5.41) is 5.01. The van der Waals surface area contributed by atoms with Crippen molar-refractivity contribution in [2.24, 2.45) is 0 Å². The van der Waals surface area contributed by atoms with E-state index >= 15 is 0 Å². The van der Waals surface area contributed by atoms with Gasteiger partial charge in [-0.2, -0.15) is 0 Å². The van der Waals surface area contributed by atoms with Gasteiger partial charge in [-0.15, -0.1) is 0 Å². The average Bonchev–Trinajstić information content (AvgIpc) is 2.64. The molecule has 2 rings (SSSR count). The minimum absolute atomic E-state index is 0.0648. The standard InChI is InChI=1S/C7H9N.C6H5NO3/c1-8-7-5-3-2-4-6-7;1-3-4(2-8)6(10)7-5(3)9/h2-6,8H,1H3;2H,1H3,(H,7,9,10). The van der Waals surface area contributed by atoms with Crippen LogP contribution in [0.4, 0.5) is 5.69 Å². The maximum absolute atomic E-state index is 10.6. The summed E-state index contributed by atoms with van der Waals surface area (Å²) in [7, 11) is 1.91. The largest absolute Gasteiger partial charge is 0.388 e. The number of hydrogen-bond donors (Lipinski definition) is 2. The van der Waals surface area contributed by atoms with E-state index in [4.69, 9.17) is 0 Å². The van der Waals surface area contributed by atoms with Gasteiger partial charge in [0.2, 0.25) is 0 Å². The maximum atomic E-state index is 10.6. The van der Waals surface area contributed by atoms with Crippen molar-refractivity contribution in [2.75, 3.05) is 12.4 Å². The maximum Gasteiger partial charge on any atom is 0.261 e. The molecule has 2 amide bonds. The Bertz CT molecular complexity index is 492. The fourth-order valence-corrected chi connectivity index (χ4v) is 1.30. The van der Waals surface area contributed by atoms with E-state index in [9.17, 15) is 14.4 Å². The van der Waals surface area contributed by atoms with Crippen molar-refractivity contribution >= 4 is 23.8 Å². The van der Waals surface area contributed by atoms with Gasteiger partial charge >= 0.3 is 0 Å². The van der Waals surface area contributed by atoms with Crippen molar-refractivity contribution in [3.05, 3.63) is 41.5 Å². The first kappa shape index (κ1) is 13.6. The molecule has 0 bridgehead atoms. The Hall–Kier alpha value is -2.43. The van der Waals surface area contributed by atoms with E-state index in [2.05, 4.69) is 5.32 Å². The van der Waals surface area contributed by atoms with Crippen LogP contribution in [-0.4, -0.2) is 25.1 Å². The van der Waals surface area contributed by atoms with Crippen molar-refractivity contribution in [3.8, 4) is 0 Å². The Morgan fingerprint density at radius 2 is 1.72 bits per heavy atom. The molecule has 1 aromatic rings. The van der Waals surface area contributed by atoms with Gasteiger partial charge in [0.05, 0.1) is 5.57 Å². The highest BCUT2D eigenvalue weighted by Crippen LogP contribution is 2.08. The van der Waals surface area contributed by atoms with E-state index in [1.807, 2.05) is 42.7 Å². The van der Waals surface area contributed by atoms with Gasteiger partial charge in [0.1, 0.15) is 0 Å². The highest BCUT2D eigenvalue weighted by molar-refractivity contribution is 6.27. The minimum atomic E-state index is -0.600. The lowest BCUT2D eigenvalue weighted by molar-refractivity contribution is -0.124. The molecule has 1 aliphatic heterocycles. The predicted molar refractivity (Wildman–Crippen MR) is 67.9 cm³/mol. The fraction of sp³-hybridized carbons (Fsp3) is 0.154. The molecule has 1 aromatic carbocycles. The lowest BCUT2D eigenvalue weighted by Gasteiger charge is -1.94. The van der Waals surface area contributed by atoms with Gasteiger partial charge in [0, 0.05) is 18.3 Å². The van der Waals surface area contributed by atoms with Gasteiger partial charge in [0.25, 0.3) is 11.8 Å². The van der Waals surface area contributed by atoms with Crippen LogP contribution in [-0.2, 0) is 14.4 Å². The summed E-state index contributed by atoms with van der Waals surface area (Å²) in [5.74, 6) is -1.08. The Kier molecular flexibility index (Phi) is 4.80. The van der Waals surface area contributed by atoms with Crippen LogP contribution in [0.25, 0.3) is 0 Å². The minimum Gasteiger partial charge on any atom is -0.388 e. The first-order valence-corrected chi connectivity index (χ1v) is 5.34. The number of anilines is 1. The molecule has 0 radical (unpaired) electrons. The number of imide groups is 1. The number of nitrogens with one attached hydrogen (secondary N) is 2. The van der Waals surface area contributed by atoms with Crippen LogP contribution in [0.2, 0.25) is 0 Å². The number of carbonyl (C=O) groups excluding carboxylic acids is 3. The predicted octanol–water partition coefficient (Wildman–Crippen LogP) is 0.886. The third-order valence-electron chi connectivity index (χ3n) is 2.40. The number of hydrogen-bond acceptors (Lipinski definition) is 4. The van der Waals surface area contributed by atoms with Crippen LogP contribution in [0.1, 0.15) is 6.92 Å². The molecule has 0 spiro atoms. The summed E-state index contributed by atoms with van der Waals surface area (Å²) in [6.45, 7) is 1.43. The third-order valence-corrected chi connectivity index (χ3v) is 2.40. The van der Waals surface area contributed by atoms with Gasteiger partial charge < -0.3 is 5.32 Å². The topological polar surface area (TPSA) is 75.3 Å². The lowest BCUT2D eigenvalue weighted by Crippen LogP contribution is -2.23. The molecule has 0 fully saturated rings. The number of rotatable bonds is 2. The molecular weight excluding hydrogens is 232 g/mol. The Morgan fingerprint density at radius 3 is 2.00 bits per heavy atom. The molecule has 0 saturated heterocycles. The van der Waals surface area contributed by atoms with E-state index in [-0.39, 0.29) is 11.1 Å². The second-order valence-corrected chi connectivity index (χ2v) is 3.56. The average molecular weight is 246 g/mol. The number of carbonyl (C=O) groups is 3. The van der Waals surface area contributed by atoms with Crippen molar-refractivity contribution < 1.29 is 14.4 Å². The molecule has 0 saturated carbocycles. The highest BCUT2D eigenvalue weighted by Gasteiger charge is 2.25. The molecule has 1 aliphatic rings. The van der Waals surface area contributed by atoms with Gasteiger partial charge in [-0.1, -0.05) is 18.2 Å². The first-order valence-electron chi connectivity index (χ1n) is 5.34. The number of amides is 2. The summed E-state index contributed by atoms with van der Waals surface area (Å²) in [5.41, 5.74) is 1.29. The van der Waals surface area contributed by atoms with Crippen LogP contribution < -0.4 is 10.6 Å². The van der Waals surface area contributed by atoms with Crippen LogP contribution in [0.5, 0.6) is 0 Å². The summed E-state index contributed by atoms with van der Waals surface area (Å²) in [4.78, 5) is 31.3. The smallest absolute Gasteiger partial charge is 0.261 e. The first-order chi connectivity index (χ1) is 8.60. The molecule has 0 atom stereocenters. The van der Waals surface area contributed by atoms with Crippen molar-refractivity contribution in [1.29, 1.82) is 0 Å². The molecule has 1 heterocycles. The van der Waals surface area contributed by atoms with Gasteiger partial charge in [-0.05, 0) is 19.1 Å². The lowest BCUT2D eigenvalue weighted by atomic mass is 10.2. The molecule has 94 valence electrons. The van der Waals surface area contributed by atoms with Crippen molar-refractivity contribution in [1.82, 2.24) is 5.32 Å². The number of aldehydes is 1. The molecular formula is C13H14N2O3. The highest BCUT2D eigenvalue weighted by atomic mass is 16.2. The van der Waals surface area contributed by atoms with E-state index < -0.39 is 11.8 Å². The van der Waals surface area contributed by atoms with Crippen molar-refractivity contribution in [2.45, 2.75) is 6.92 Å². The van der Waals surface area contributed by atoms with E-state index in [1.165, 1.54) is 6.92 Å². The molecule has 5 nitrogen and oxygen atoms in total. The van der Waals surface area contributed by atoms with Gasteiger partial charge in [0.15, 0.2) is 6.29 Å².